The van der Waals surface area contributed by atoms with Crippen LogP contribution in [0.25, 0.3) is 21.1 Å². The third-order valence-electron chi connectivity index (χ3n) is 4.22. The Morgan fingerprint density at radius 2 is 2.12 bits per heavy atom. The second-order valence-electron chi connectivity index (χ2n) is 6.06. The average molecular weight is 433 g/mol. The first-order valence-corrected chi connectivity index (χ1v) is 9.58. The molecule has 0 aliphatic heterocycles. The van der Waals surface area contributed by atoms with Gasteiger partial charge in [-0.05, 0) is 35.4 Å². The molecule has 2 heterocycles. The minimum atomic E-state index is -0.882. The summed E-state index contributed by atoms with van der Waals surface area (Å²) in [6.45, 7) is -0.590. The summed E-state index contributed by atoms with van der Waals surface area (Å²) in [5, 5.41) is 11.1. The molecular weight excluding hydrogens is 419 g/mol. The zero-order valence-corrected chi connectivity index (χ0v) is 16.0. The molecule has 0 bridgehead atoms. The van der Waals surface area contributed by atoms with Gasteiger partial charge in [0.1, 0.15) is 13.2 Å². The molecule has 26 heavy (non-hydrogen) atoms. The van der Waals surface area contributed by atoms with Gasteiger partial charge >= 0.3 is 5.97 Å². The lowest BCUT2D eigenvalue weighted by Gasteiger charge is -2.01. The van der Waals surface area contributed by atoms with E-state index in [1.807, 2.05) is 30.5 Å². The van der Waals surface area contributed by atoms with Crippen LogP contribution >= 0.6 is 27.3 Å². The van der Waals surface area contributed by atoms with Crippen molar-refractivity contribution in [3.8, 4) is 0 Å². The number of carboxylic acids is 1. The third kappa shape index (κ3) is 3.24. The lowest BCUT2D eigenvalue weighted by atomic mass is 10.1. The van der Waals surface area contributed by atoms with E-state index in [1.54, 1.807) is 28.0 Å². The van der Waals surface area contributed by atoms with Gasteiger partial charge in [0.15, 0.2) is 0 Å². The molecule has 0 saturated heterocycles. The fourth-order valence-electron chi connectivity index (χ4n) is 3.10. The molecule has 0 radical (unpaired) electrons. The van der Waals surface area contributed by atoms with Gasteiger partial charge in [-0.1, -0.05) is 28.1 Å². The summed E-state index contributed by atoms with van der Waals surface area (Å²) in [5.74, 6) is -0.882. The number of carbonyl (C=O) groups is 1. The summed E-state index contributed by atoms with van der Waals surface area (Å²) in [4.78, 5) is 15.8. The number of carboxylic acid groups (broad SMARTS) is 1. The van der Waals surface area contributed by atoms with Crippen LogP contribution in [0.2, 0.25) is 0 Å². The van der Waals surface area contributed by atoms with Crippen LogP contribution in [-0.2, 0) is 24.4 Å². The highest BCUT2D eigenvalue weighted by molar-refractivity contribution is 9.10. The number of hydrogen-bond acceptors (Lipinski definition) is 3. The zero-order valence-electron chi connectivity index (χ0n) is 13.6. The van der Waals surface area contributed by atoms with Crippen molar-refractivity contribution in [3.63, 3.8) is 0 Å². The Morgan fingerprint density at radius 3 is 2.88 bits per heavy atom. The monoisotopic (exact) mass is 432 g/mol. The van der Waals surface area contributed by atoms with Gasteiger partial charge in [0, 0.05) is 28.0 Å². The molecule has 0 unspecified atom stereocenters. The predicted octanol–water partition coefficient (Wildman–Crippen LogP) is 5.16. The van der Waals surface area contributed by atoms with Crippen LogP contribution < -0.4 is 0 Å². The van der Waals surface area contributed by atoms with Crippen molar-refractivity contribution in [1.29, 1.82) is 0 Å². The van der Waals surface area contributed by atoms with Gasteiger partial charge in [0.2, 0.25) is 0 Å². The molecule has 0 spiro atoms. The summed E-state index contributed by atoms with van der Waals surface area (Å²) in [6, 6.07) is 11.3. The molecule has 2 aromatic carbocycles. The topological polar surface area (TPSA) is 55.1 Å². The van der Waals surface area contributed by atoms with Crippen LogP contribution in [0, 0.1) is 0 Å². The number of aliphatic carboxylic acids is 1. The number of rotatable bonds is 5. The quantitative estimate of drug-likeness (QED) is 0.473. The van der Waals surface area contributed by atoms with Gasteiger partial charge in [-0.25, -0.2) is 9.37 Å². The molecule has 0 atom stereocenters. The molecule has 4 aromatic rings. The number of benzene rings is 2. The maximum Gasteiger partial charge on any atom is 0.323 e. The molecule has 132 valence electrons. The van der Waals surface area contributed by atoms with Crippen LogP contribution in [0.3, 0.4) is 0 Å². The molecule has 7 heteroatoms. The minimum Gasteiger partial charge on any atom is -0.480 e. The van der Waals surface area contributed by atoms with E-state index in [0.717, 1.165) is 36.2 Å². The molecule has 0 saturated carbocycles. The molecule has 0 fully saturated rings. The first-order chi connectivity index (χ1) is 12.5. The average Bonchev–Trinajstić information content (AvgIpc) is 3.15. The van der Waals surface area contributed by atoms with E-state index in [2.05, 4.69) is 20.9 Å². The minimum absolute atomic E-state index is 0.0906. The van der Waals surface area contributed by atoms with Crippen molar-refractivity contribution < 1.29 is 14.3 Å². The van der Waals surface area contributed by atoms with E-state index in [9.17, 15) is 9.18 Å². The Hall–Kier alpha value is -2.25. The van der Waals surface area contributed by atoms with Gasteiger partial charge in [-0.3, -0.25) is 4.79 Å². The molecular formula is C19H14BrFN2O2S. The van der Waals surface area contributed by atoms with Crippen molar-refractivity contribution in [2.75, 3.05) is 0 Å². The first-order valence-electron chi connectivity index (χ1n) is 7.97. The SMILES string of the molecule is O=C(O)Cn1cc(Cc2nc3cc(CF)ccc3s2)c2ccc(Br)cc21. The van der Waals surface area contributed by atoms with Crippen LogP contribution in [-0.4, -0.2) is 20.6 Å². The number of fused-ring (bicyclic) bond motifs is 2. The Bertz CT molecular complexity index is 1140. The summed E-state index contributed by atoms with van der Waals surface area (Å²) in [5.41, 5.74) is 3.32. The summed E-state index contributed by atoms with van der Waals surface area (Å²) < 4.78 is 16.5. The molecule has 0 aliphatic rings. The largest absolute Gasteiger partial charge is 0.480 e. The van der Waals surface area contributed by atoms with E-state index in [4.69, 9.17) is 5.11 Å². The van der Waals surface area contributed by atoms with Crippen molar-refractivity contribution in [1.82, 2.24) is 9.55 Å². The lowest BCUT2D eigenvalue weighted by Crippen LogP contribution is -2.07. The Kier molecular flexibility index (Phi) is 4.50. The Balaban J connectivity index is 1.76. The first kappa shape index (κ1) is 17.2. The predicted molar refractivity (Wildman–Crippen MR) is 105 cm³/mol. The smallest absolute Gasteiger partial charge is 0.323 e. The van der Waals surface area contributed by atoms with Crippen molar-refractivity contribution >= 4 is 54.4 Å². The van der Waals surface area contributed by atoms with E-state index >= 15 is 0 Å². The number of nitrogens with zero attached hydrogens (tertiary/aromatic N) is 2. The standard InChI is InChI=1S/C19H14BrFN2O2S/c20-13-2-3-14-12(9-23(10-19(24)25)16(14)7-13)6-18-22-15-5-11(8-21)1-4-17(15)26-18/h1-5,7,9H,6,8,10H2,(H,24,25). The van der Waals surface area contributed by atoms with Crippen molar-refractivity contribution in [3.05, 3.63) is 63.2 Å². The molecule has 4 rings (SSSR count). The van der Waals surface area contributed by atoms with Gasteiger partial charge in [-0.15, -0.1) is 11.3 Å². The summed E-state index contributed by atoms with van der Waals surface area (Å²) in [7, 11) is 0. The lowest BCUT2D eigenvalue weighted by molar-refractivity contribution is -0.137. The highest BCUT2D eigenvalue weighted by Crippen LogP contribution is 2.30. The van der Waals surface area contributed by atoms with Gasteiger partial charge < -0.3 is 9.67 Å². The zero-order chi connectivity index (χ0) is 18.3. The van der Waals surface area contributed by atoms with Gasteiger partial charge in [-0.2, -0.15) is 0 Å². The summed E-state index contributed by atoms with van der Waals surface area (Å²) >= 11 is 5.02. The van der Waals surface area contributed by atoms with Gasteiger partial charge in [0.25, 0.3) is 0 Å². The third-order valence-corrected chi connectivity index (χ3v) is 5.75. The molecule has 4 nitrogen and oxygen atoms in total. The second-order valence-corrected chi connectivity index (χ2v) is 8.09. The Morgan fingerprint density at radius 1 is 1.27 bits per heavy atom. The molecule has 0 amide bonds. The maximum absolute atomic E-state index is 12.8. The highest BCUT2D eigenvalue weighted by Gasteiger charge is 2.14. The fraction of sp³-hybridized carbons (Fsp3) is 0.158. The summed E-state index contributed by atoms with van der Waals surface area (Å²) in [6.07, 6.45) is 2.49. The number of halogens is 2. The van der Waals surface area contributed by atoms with Crippen LogP contribution in [0.4, 0.5) is 4.39 Å². The van der Waals surface area contributed by atoms with E-state index in [-0.39, 0.29) is 6.54 Å². The normalized spacial score (nSPS) is 11.5. The fourth-order valence-corrected chi connectivity index (χ4v) is 4.42. The second kappa shape index (κ2) is 6.81. The molecule has 1 N–H and O–H groups in total. The van der Waals surface area contributed by atoms with Crippen LogP contribution in [0.1, 0.15) is 16.1 Å². The van der Waals surface area contributed by atoms with E-state index < -0.39 is 12.6 Å². The highest BCUT2D eigenvalue weighted by atomic mass is 79.9. The van der Waals surface area contributed by atoms with E-state index in [0.29, 0.717) is 12.0 Å². The Labute approximate surface area is 161 Å². The van der Waals surface area contributed by atoms with Crippen LogP contribution in [0.15, 0.2) is 47.1 Å². The number of thiazole rings is 1. The van der Waals surface area contributed by atoms with Gasteiger partial charge in [0.05, 0.1) is 15.2 Å². The number of aromatic nitrogens is 2. The van der Waals surface area contributed by atoms with E-state index in [1.165, 1.54) is 0 Å². The number of hydrogen-bond donors (Lipinski definition) is 1. The van der Waals surface area contributed by atoms with Crippen molar-refractivity contribution in [2.24, 2.45) is 0 Å². The molecule has 2 aromatic heterocycles. The maximum atomic E-state index is 12.8. The van der Waals surface area contributed by atoms with Crippen molar-refractivity contribution in [2.45, 2.75) is 19.6 Å². The van der Waals surface area contributed by atoms with Crippen LogP contribution in [0.5, 0.6) is 0 Å². The number of alkyl halides is 1. The molecule has 0 aliphatic carbocycles.